The van der Waals surface area contributed by atoms with Gasteiger partial charge in [-0.3, -0.25) is 26.1 Å². The van der Waals surface area contributed by atoms with Crippen LogP contribution in [0.5, 0.6) is 0 Å². The van der Waals surface area contributed by atoms with Crippen LogP contribution in [0.15, 0.2) is 0 Å². The average molecular weight is 717 g/mol. The van der Waals surface area contributed by atoms with Crippen LogP contribution >= 0.6 is 0 Å². The van der Waals surface area contributed by atoms with E-state index in [-0.39, 0.29) is 99.2 Å². The second-order valence-electron chi connectivity index (χ2n) is 15.4. The first-order chi connectivity index (χ1) is 23.9. The molecule has 0 aromatic carbocycles. The Morgan fingerprint density at radius 2 is 1.18 bits per heavy atom. The van der Waals surface area contributed by atoms with Crippen LogP contribution < -0.4 is 21.3 Å². The largest absolute Gasteiger partial charge is 0.466 e. The van der Waals surface area contributed by atoms with Gasteiger partial charge in [-0.05, 0) is 98.8 Å². The fourth-order valence-electron chi connectivity index (χ4n) is 7.82. The topological polar surface area (TPSA) is 192 Å². The van der Waals surface area contributed by atoms with Gasteiger partial charge in [0.05, 0.1) is 87.9 Å². The molecule has 10 unspecified atom stereocenters. The molecule has 0 bridgehead atoms. The number of hydrogen-bond acceptors (Lipinski definition) is 14. The van der Waals surface area contributed by atoms with Crippen molar-refractivity contribution < 1.29 is 48.9 Å². The number of aliphatic hydroxyl groups is 4. The third-order valence-corrected chi connectivity index (χ3v) is 10.6. The smallest absolute Gasteiger partial charge is 0.308 e. The van der Waals surface area contributed by atoms with E-state index >= 15 is 0 Å². The summed E-state index contributed by atoms with van der Waals surface area (Å²) in [6.45, 7) is 10.7. The maximum atomic E-state index is 12.3. The van der Waals surface area contributed by atoms with Crippen LogP contribution in [0.1, 0.15) is 98.8 Å². The summed E-state index contributed by atoms with van der Waals surface area (Å²) in [5.74, 6) is -0.355. The molecule has 1 saturated heterocycles. The first-order valence-corrected chi connectivity index (χ1v) is 19.3. The third-order valence-electron chi connectivity index (χ3n) is 10.6. The van der Waals surface area contributed by atoms with Gasteiger partial charge in [-0.15, -0.1) is 0 Å². The minimum atomic E-state index is -0.712. The molecular formula is C36H68N4O10. The lowest BCUT2D eigenvalue weighted by Gasteiger charge is -2.49. The Bertz CT molecular complexity index is 919. The van der Waals surface area contributed by atoms with Gasteiger partial charge in [-0.25, -0.2) is 0 Å². The molecule has 3 saturated carbocycles. The number of carbonyl (C=O) groups excluding carboxylic acids is 1. The predicted octanol–water partition coefficient (Wildman–Crippen LogP) is 1.08. The van der Waals surface area contributed by atoms with E-state index in [4.69, 9.17) is 23.7 Å². The molecule has 0 amide bonds. The minimum Gasteiger partial charge on any atom is -0.466 e. The molecule has 1 heterocycles. The molecule has 10 atom stereocenters. The summed E-state index contributed by atoms with van der Waals surface area (Å²) >= 11 is 0. The molecule has 1 aliphatic heterocycles. The lowest BCUT2D eigenvalue weighted by Crippen LogP contribution is -2.76. The van der Waals surface area contributed by atoms with Crippen LogP contribution in [-0.2, 0) is 28.5 Å². The van der Waals surface area contributed by atoms with E-state index in [0.29, 0.717) is 19.4 Å². The fourth-order valence-corrected chi connectivity index (χ4v) is 7.82. The van der Waals surface area contributed by atoms with Crippen LogP contribution in [-0.4, -0.2) is 133 Å². The normalized spacial score (nSPS) is 36.7. The molecule has 4 fully saturated rings. The zero-order chi connectivity index (χ0) is 36.2. The Balaban J connectivity index is 1.34. The molecule has 50 heavy (non-hydrogen) atoms. The second-order valence-corrected chi connectivity index (χ2v) is 15.4. The van der Waals surface area contributed by atoms with Crippen molar-refractivity contribution in [2.75, 3.05) is 33.0 Å². The first-order valence-electron chi connectivity index (χ1n) is 19.3. The molecule has 0 aromatic rings. The number of aliphatic hydroxyl groups excluding tert-OH is 4. The Labute approximate surface area is 299 Å². The Morgan fingerprint density at radius 1 is 0.700 bits per heavy atom. The van der Waals surface area contributed by atoms with Gasteiger partial charge in [0.15, 0.2) is 0 Å². The van der Waals surface area contributed by atoms with Gasteiger partial charge >= 0.3 is 5.97 Å². The van der Waals surface area contributed by atoms with E-state index < -0.39 is 24.4 Å². The van der Waals surface area contributed by atoms with Crippen LogP contribution in [0.25, 0.3) is 0 Å². The van der Waals surface area contributed by atoms with Gasteiger partial charge in [0.25, 0.3) is 0 Å². The van der Waals surface area contributed by atoms with Crippen LogP contribution in [0.4, 0.5) is 0 Å². The first kappa shape index (κ1) is 41.7. The van der Waals surface area contributed by atoms with Crippen LogP contribution in [0.3, 0.4) is 0 Å². The summed E-state index contributed by atoms with van der Waals surface area (Å²) in [6, 6.07) is 0.199. The van der Waals surface area contributed by atoms with E-state index in [1.54, 1.807) is 0 Å². The van der Waals surface area contributed by atoms with Crippen molar-refractivity contribution >= 4 is 5.97 Å². The molecule has 4 aliphatic rings. The van der Waals surface area contributed by atoms with Crippen molar-refractivity contribution in [1.29, 1.82) is 0 Å². The zero-order valence-electron chi connectivity index (χ0n) is 31.0. The van der Waals surface area contributed by atoms with Crippen LogP contribution in [0, 0.1) is 17.8 Å². The van der Waals surface area contributed by atoms with Gasteiger partial charge in [-0.2, -0.15) is 0 Å². The van der Waals surface area contributed by atoms with E-state index in [9.17, 15) is 25.2 Å². The van der Waals surface area contributed by atoms with Crippen molar-refractivity contribution in [1.82, 2.24) is 21.3 Å². The highest BCUT2D eigenvalue weighted by Gasteiger charge is 2.44. The predicted molar refractivity (Wildman–Crippen MR) is 187 cm³/mol. The second kappa shape index (κ2) is 21.0. The summed E-state index contributed by atoms with van der Waals surface area (Å²) < 4.78 is 28.2. The zero-order valence-corrected chi connectivity index (χ0v) is 31.0. The van der Waals surface area contributed by atoms with Gasteiger partial charge in [0, 0.05) is 17.9 Å². The Hall–Kier alpha value is -1.01. The number of hydrogen-bond donors (Lipinski definition) is 8. The van der Waals surface area contributed by atoms with Gasteiger partial charge in [0.1, 0.15) is 18.5 Å². The van der Waals surface area contributed by atoms with Crippen molar-refractivity contribution in [3.8, 4) is 0 Å². The van der Waals surface area contributed by atoms with Crippen molar-refractivity contribution in [2.24, 2.45) is 17.8 Å². The number of esters is 1. The minimum absolute atomic E-state index is 0.0344. The molecule has 0 radical (unpaired) electrons. The summed E-state index contributed by atoms with van der Waals surface area (Å²) in [5.41, 5.74) is 0. The van der Waals surface area contributed by atoms with Gasteiger partial charge in [-0.1, -0.05) is 0 Å². The van der Waals surface area contributed by atoms with E-state index in [0.717, 1.165) is 51.4 Å². The number of ether oxygens (including phenoxy) is 5. The molecule has 292 valence electrons. The highest BCUT2D eigenvalue weighted by molar-refractivity contribution is 5.72. The van der Waals surface area contributed by atoms with E-state index in [1.807, 2.05) is 34.6 Å². The third kappa shape index (κ3) is 13.4. The maximum absolute atomic E-state index is 12.3. The Morgan fingerprint density at radius 3 is 1.60 bits per heavy atom. The van der Waals surface area contributed by atoms with E-state index in [1.165, 1.54) is 0 Å². The quantitative estimate of drug-likeness (QED) is 0.0940. The summed E-state index contributed by atoms with van der Waals surface area (Å²) in [4.78, 5) is 12.3. The molecule has 4 rings (SSSR count). The van der Waals surface area contributed by atoms with Gasteiger partial charge in [0.2, 0.25) is 0 Å². The molecule has 0 aromatic heterocycles. The molecule has 0 spiro atoms. The van der Waals surface area contributed by atoms with E-state index in [2.05, 4.69) is 21.3 Å². The molecule has 3 aliphatic carbocycles. The SMILES string of the molecule is CCOC(=O)C1CCC(NC2NC(C3CCC(OCC(O)COC(C)C)CC3O)NC(C3CCC(OCC(O)COC(C)C)CC3O)N2)CC1. The highest BCUT2D eigenvalue weighted by Crippen LogP contribution is 2.33. The molecule has 8 N–H and O–H groups in total. The van der Waals surface area contributed by atoms with Crippen molar-refractivity contribution in [3.05, 3.63) is 0 Å². The van der Waals surface area contributed by atoms with Crippen molar-refractivity contribution in [2.45, 2.75) is 172 Å². The average Bonchev–Trinajstić information content (AvgIpc) is 3.08. The van der Waals surface area contributed by atoms with Crippen molar-refractivity contribution in [3.63, 3.8) is 0 Å². The number of rotatable bonds is 18. The molecule has 14 nitrogen and oxygen atoms in total. The lowest BCUT2D eigenvalue weighted by molar-refractivity contribution is -0.149. The fraction of sp³-hybridized carbons (Fsp3) is 0.972. The lowest BCUT2D eigenvalue weighted by atomic mass is 9.80. The number of carbonyl (C=O) groups is 1. The summed E-state index contributed by atoms with van der Waals surface area (Å²) in [7, 11) is 0. The molecular weight excluding hydrogens is 648 g/mol. The standard InChI is InChI=1S/C36H68N4O10/c1-6-46-35(45)23-7-9-24(10-8-23)37-36-39-33(29-13-11-27(15-31(29)43)49-19-25(41)17-47-21(2)3)38-34(40-36)30-14-12-28(16-32(30)44)50-20-26(42)18-48-22(4)5/h21-34,36-44H,6-20H2,1-5H3. The summed E-state index contributed by atoms with van der Waals surface area (Å²) in [6.07, 6.45) is 3.52. The monoisotopic (exact) mass is 716 g/mol. The summed E-state index contributed by atoms with van der Waals surface area (Å²) in [5, 5.41) is 58.1. The number of nitrogens with one attached hydrogen (secondary N) is 4. The maximum Gasteiger partial charge on any atom is 0.308 e. The highest BCUT2D eigenvalue weighted by atomic mass is 16.5. The molecule has 14 heteroatoms. The Kier molecular flexibility index (Phi) is 17.6. The van der Waals surface area contributed by atoms with Gasteiger partial charge < -0.3 is 44.1 Å². The van der Waals surface area contributed by atoms with Crippen LogP contribution in [0.2, 0.25) is 0 Å².